The summed E-state index contributed by atoms with van der Waals surface area (Å²) in [6.07, 6.45) is 3.60. The van der Waals surface area contributed by atoms with Crippen LogP contribution in [-0.4, -0.2) is 54.5 Å². The van der Waals surface area contributed by atoms with Crippen molar-refractivity contribution in [2.75, 3.05) is 18.4 Å². The van der Waals surface area contributed by atoms with Crippen molar-refractivity contribution in [2.45, 2.75) is 32.7 Å². The zero-order chi connectivity index (χ0) is 18.1. The minimum absolute atomic E-state index is 0.102. The van der Waals surface area contributed by atoms with Crippen molar-refractivity contribution in [3.8, 4) is 0 Å². The number of rotatable bonds is 4. The van der Waals surface area contributed by atoms with E-state index in [1.54, 1.807) is 10.7 Å². The number of aromatic nitrogens is 5. The van der Waals surface area contributed by atoms with Gasteiger partial charge in [-0.05, 0) is 44.9 Å². The number of anilines is 1. The minimum Gasteiger partial charge on any atom is -0.368 e. The summed E-state index contributed by atoms with van der Waals surface area (Å²) in [5, 5.41) is 7.68. The lowest BCUT2D eigenvalue weighted by molar-refractivity contribution is 0.0731. The van der Waals surface area contributed by atoms with E-state index in [2.05, 4.69) is 25.4 Å². The number of nitrogens with zero attached hydrogens (tertiary/aromatic N) is 6. The van der Waals surface area contributed by atoms with E-state index in [9.17, 15) is 4.79 Å². The molecule has 1 N–H and O–H groups in total. The Balaban J connectivity index is 1.50. The van der Waals surface area contributed by atoms with Crippen molar-refractivity contribution in [3.63, 3.8) is 0 Å². The molecule has 0 aromatic carbocycles. The van der Waals surface area contributed by atoms with E-state index in [1.807, 2.05) is 43.0 Å². The molecule has 3 aromatic heterocycles. The summed E-state index contributed by atoms with van der Waals surface area (Å²) >= 11 is 0. The molecule has 0 saturated carbocycles. The summed E-state index contributed by atoms with van der Waals surface area (Å²) in [6, 6.07) is 7.81. The summed E-state index contributed by atoms with van der Waals surface area (Å²) in [5.74, 6) is 1.34. The van der Waals surface area contributed by atoms with Gasteiger partial charge in [0.05, 0.1) is 0 Å². The van der Waals surface area contributed by atoms with Crippen LogP contribution in [-0.2, 0) is 0 Å². The van der Waals surface area contributed by atoms with Crippen LogP contribution in [0.1, 0.15) is 34.8 Å². The van der Waals surface area contributed by atoms with E-state index in [0.717, 1.165) is 30.0 Å². The number of nitrogens with one attached hydrogen (secondary N) is 1. The lowest BCUT2D eigenvalue weighted by Crippen LogP contribution is -2.40. The number of likely N-dealkylation sites (tertiary alicyclic amines) is 1. The predicted octanol–water partition coefficient (Wildman–Crippen LogP) is 1.85. The molecule has 134 valence electrons. The Hall–Kier alpha value is -3.03. The molecule has 0 radical (unpaired) electrons. The lowest BCUT2D eigenvalue weighted by atomic mass is 10.2. The molecule has 1 atom stereocenters. The molecule has 1 fully saturated rings. The van der Waals surface area contributed by atoms with Crippen LogP contribution in [0.2, 0.25) is 0 Å². The topological polar surface area (TPSA) is 88.3 Å². The van der Waals surface area contributed by atoms with Crippen LogP contribution in [0.4, 0.5) is 5.82 Å². The molecule has 1 amide bonds. The van der Waals surface area contributed by atoms with Crippen molar-refractivity contribution < 1.29 is 4.79 Å². The summed E-state index contributed by atoms with van der Waals surface area (Å²) in [6.45, 7) is 5.25. The number of pyridine rings is 1. The van der Waals surface area contributed by atoms with Gasteiger partial charge in [-0.2, -0.15) is 4.98 Å². The van der Waals surface area contributed by atoms with Crippen LogP contribution in [0.5, 0.6) is 0 Å². The maximum atomic E-state index is 12.9. The van der Waals surface area contributed by atoms with Crippen LogP contribution in [0.15, 0.2) is 30.5 Å². The van der Waals surface area contributed by atoms with Gasteiger partial charge in [0.15, 0.2) is 0 Å². The van der Waals surface area contributed by atoms with Crippen LogP contribution >= 0.6 is 0 Å². The second-order valence-electron chi connectivity index (χ2n) is 6.57. The third kappa shape index (κ3) is 3.10. The molecule has 0 aliphatic carbocycles. The highest BCUT2D eigenvalue weighted by Crippen LogP contribution is 2.20. The normalized spacial score (nSPS) is 17.0. The van der Waals surface area contributed by atoms with E-state index in [-0.39, 0.29) is 17.8 Å². The molecule has 4 rings (SSSR count). The Morgan fingerprint density at radius 3 is 2.96 bits per heavy atom. The quantitative estimate of drug-likeness (QED) is 0.772. The standard InChI is InChI=1S/C18H21N7O/c1-12-5-3-7-15(21-12)20-11-14-6-4-10-24(14)17(26)16-22-18-19-9-8-13(2)25(18)23-16/h3,5,7-9,14H,4,6,10-11H2,1-2H3,(H,20,21). The molecule has 4 heterocycles. The van der Waals surface area contributed by atoms with E-state index in [0.29, 0.717) is 18.9 Å². The maximum Gasteiger partial charge on any atom is 0.293 e. The van der Waals surface area contributed by atoms with E-state index in [4.69, 9.17) is 0 Å². The van der Waals surface area contributed by atoms with Crippen molar-refractivity contribution in [2.24, 2.45) is 0 Å². The van der Waals surface area contributed by atoms with Crippen molar-refractivity contribution in [1.29, 1.82) is 0 Å². The van der Waals surface area contributed by atoms with Crippen LogP contribution in [0.3, 0.4) is 0 Å². The second-order valence-corrected chi connectivity index (χ2v) is 6.57. The van der Waals surface area contributed by atoms with Gasteiger partial charge in [0.2, 0.25) is 5.82 Å². The average molecular weight is 351 g/mol. The predicted molar refractivity (Wildman–Crippen MR) is 97.0 cm³/mol. The van der Waals surface area contributed by atoms with E-state index in [1.165, 1.54) is 0 Å². The number of hydrogen-bond donors (Lipinski definition) is 1. The number of amides is 1. The highest BCUT2D eigenvalue weighted by atomic mass is 16.2. The van der Waals surface area contributed by atoms with Gasteiger partial charge in [-0.1, -0.05) is 6.07 Å². The smallest absolute Gasteiger partial charge is 0.293 e. The summed E-state index contributed by atoms with van der Waals surface area (Å²) in [5.41, 5.74) is 1.86. The fourth-order valence-electron chi connectivity index (χ4n) is 3.30. The summed E-state index contributed by atoms with van der Waals surface area (Å²) < 4.78 is 1.60. The number of aryl methyl sites for hydroxylation is 2. The van der Waals surface area contributed by atoms with Gasteiger partial charge in [0.25, 0.3) is 11.7 Å². The fourth-order valence-corrected chi connectivity index (χ4v) is 3.30. The Kier molecular flexibility index (Phi) is 4.24. The summed E-state index contributed by atoms with van der Waals surface area (Å²) in [7, 11) is 0. The molecular formula is C18H21N7O. The minimum atomic E-state index is -0.142. The van der Waals surface area contributed by atoms with E-state index >= 15 is 0 Å². The zero-order valence-corrected chi connectivity index (χ0v) is 14.9. The van der Waals surface area contributed by atoms with Gasteiger partial charge in [0.1, 0.15) is 5.82 Å². The molecule has 8 nitrogen and oxygen atoms in total. The Labute approximate surface area is 151 Å². The van der Waals surface area contributed by atoms with Gasteiger partial charge >= 0.3 is 0 Å². The first kappa shape index (κ1) is 16.4. The van der Waals surface area contributed by atoms with Gasteiger partial charge in [0, 0.05) is 36.7 Å². The SMILES string of the molecule is Cc1cccc(NCC2CCCN2C(=O)c2nc3nccc(C)n3n2)n1. The Bertz CT molecular complexity index is 952. The monoisotopic (exact) mass is 351 g/mol. The van der Waals surface area contributed by atoms with Crippen LogP contribution < -0.4 is 5.32 Å². The number of hydrogen-bond acceptors (Lipinski definition) is 6. The second kappa shape index (κ2) is 6.70. The molecule has 1 unspecified atom stereocenters. The maximum absolute atomic E-state index is 12.9. The highest BCUT2D eigenvalue weighted by molar-refractivity contribution is 5.91. The average Bonchev–Trinajstić information content (AvgIpc) is 3.27. The molecule has 26 heavy (non-hydrogen) atoms. The molecular weight excluding hydrogens is 330 g/mol. The van der Waals surface area contributed by atoms with Crippen LogP contribution in [0.25, 0.3) is 5.78 Å². The molecule has 0 spiro atoms. The third-order valence-electron chi connectivity index (χ3n) is 4.67. The largest absolute Gasteiger partial charge is 0.368 e. The molecule has 8 heteroatoms. The first-order chi connectivity index (χ1) is 12.6. The van der Waals surface area contributed by atoms with Gasteiger partial charge in [-0.25, -0.2) is 14.5 Å². The fraction of sp³-hybridized carbons (Fsp3) is 0.389. The van der Waals surface area contributed by atoms with Gasteiger partial charge < -0.3 is 10.2 Å². The van der Waals surface area contributed by atoms with Gasteiger partial charge in [-0.15, -0.1) is 5.10 Å². The Morgan fingerprint density at radius 2 is 2.15 bits per heavy atom. The number of fused-ring (bicyclic) bond motifs is 1. The first-order valence-electron chi connectivity index (χ1n) is 8.79. The van der Waals surface area contributed by atoms with Gasteiger partial charge in [-0.3, -0.25) is 4.79 Å². The lowest BCUT2D eigenvalue weighted by Gasteiger charge is -2.24. The van der Waals surface area contributed by atoms with E-state index < -0.39 is 0 Å². The summed E-state index contributed by atoms with van der Waals surface area (Å²) in [4.78, 5) is 27.7. The zero-order valence-electron chi connectivity index (χ0n) is 14.9. The number of carbonyl (C=O) groups excluding carboxylic acids is 1. The molecule has 1 aliphatic rings. The molecule has 0 bridgehead atoms. The highest BCUT2D eigenvalue weighted by Gasteiger charge is 2.31. The van der Waals surface area contributed by atoms with Crippen molar-refractivity contribution in [3.05, 3.63) is 47.7 Å². The molecule has 3 aromatic rings. The Morgan fingerprint density at radius 1 is 1.27 bits per heavy atom. The van der Waals surface area contributed by atoms with Crippen molar-refractivity contribution in [1.82, 2.24) is 29.5 Å². The third-order valence-corrected chi connectivity index (χ3v) is 4.67. The first-order valence-corrected chi connectivity index (χ1v) is 8.79. The van der Waals surface area contributed by atoms with Crippen LogP contribution in [0, 0.1) is 13.8 Å². The number of carbonyl (C=O) groups is 1. The van der Waals surface area contributed by atoms with Crippen molar-refractivity contribution >= 4 is 17.5 Å². The molecule has 1 saturated heterocycles. The molecule has 1 aliphatic heterocycles.